The summed E-state index contributed by atoms with van der Waals surface area (Å²) in [5.41, 5.74) is 0. The molecule has 0 saturated heterocycles. The van der Waals surface area contributed by atoms with Crippen molar-refractivity contribution < 1.29 is 30.4 Å². The largest absolute Gasteiger partial charge is 0.214 e. The second-order valence-corrected chi connectivity index (χ2v) is 15.5. The van der Waals surface area contributed by atoms with Crippen LogP contribution in [0.1, 0.15) is 0 Å². The Morgan fingerprint density at radius 3 is 1.17 bits per heavy atom. The molecule has 0 aliphatic heterocycles. The molecule has 103 valence electrons. The average molecular weight is 473 g/mol. The molecule has 0 saturated carbocycles. The third-order valence-electron chi connectivity index (χ3n) is 0.556. The van der Waals surface area contributed by atoms with Gasteiger partial charge in [0.25, 0.3) is 0 Å². The monoisotopic (exact) mass is 475 g/mol. The molecule has 0 atom stereocenters. The fraction of sp³-hybridized carbons (Fsp3) is 0.300. The number of rotatable bonds is 0. The van der Waals surface area contributed by atoms with Crippen molar-refractivity contribution in [1.29, 1.82) is 0 Å². The molecule has 1 aromatic carbocycles. The smallest absolute Gasteiger partial charge is 0 e. The van der Waals surface area contributed by atoms with E-state index in [1.807, 2.05) is 30.3 Å². The van der Waals surface area contributed by atoms with Gasteiger partial charge in [0.15, 0.2) is 0 Å². The van der Waals surface area contributed by atoms with Crippen molar-refractivity contribution in [3.05, 3.63) is 43.6 Å². The van der Waals surface area contributed by atoms with E-state index in [1.54, 1.807) is 0 Å². The average Bonchev–Trinajstić information content (AvgIpc) is 2.79. The molecule has 1 rings (SSSR count). The van der Waals surface area contributed by atoms with Crippen molar-refractivity contribution in [2.45, 2.75) is 0 Å². The quantitative estimate of drug-likeness (QED) is 0.236. The SMILES string of the molecule is C[PH+](C)C.[C-]#[O+].[C-]#[O+].[Cl][Ge]([Cl])[Cl].[Mo].c1cc[cH-]c1. The van der Waals surface area contributed by atoms with E-state index in [4.69, 9.17) is 39.3 Å². The molecular formula is C10H15Cl3GeMoO2P. The topological polar surface area (TPSA) is 39.8 Å². The second-order valence-electron chi connectivity index (χ2n) is 2.68. The second kappa shape index (κ2) is 36.2. The van der Waals surface area contributed by atoms with Crippen molar-refractivity contribution in [3.8, 4) is 0 Å². The van der Waals surface area contributed by atoms with E-state index >= 15 is 0 Å². The van der Waals surface area contributed by atoms with E-state index in [1.165, 1.54) is 0 Å². The van der Waals surface area contributed by atoms with Crippen LogP contribution in [0.3, 0.4) is 0 Å². The Hall–Kier alpha value is 1.36. The van der Waals surface area contributed by atoms with Gasteiger partial charge in [0.1, 0.15) is 0 Å². The maximum absolute atomic E-state index is 7.50. The maximum atomic E-state index is 7.50. The number of hydrogen-bond donors (Lipinski definition) is 0. The third kappa shape index (κ3) is 115. The standard InChI is InChI=1S/C5H5.C3H9P.2CO.Cl3Ge.Mo/c1-2-4-5-3-1;1-4(2)3;2*1-2;1-4(2)3;/h1-5H;1-3H3;;;;/q-1;;;;;/p+1. The molecule has 0 aliphatic carbocycles. The number of hydrogen-bond acceptors (Lipinski definition) is 0. The van der Waals surface area contributed by atoms with Crippen LogP contribution < -0.4 is 0 Å². The van der Waals surface area contributed by atoms with Gasteiger partial charge >= 0.3 is 64.2 Å². The first-order valence-electron chi connectivity index (χ1n) is 4.14. The zero-order valence-corrected chi connectivity index (χ0v) is 17.6. The van der Waals surface area contributed by atoms with Crippen LogP contribution >= 0.6 is 38.0 Å². The van der Waals surface area contributed by atoms with E-state index in [0.717, 1.165) is 0 Å². The summed E-state index contributed by atoms with van der Waals surface area (Å²) in [6.07, 6.45) is 0. The zero-order chi connectivity index (χ0) is 14.7. The van der Waals surface area contributed by atoms with Gasteiger partial charge in [-0.2, -0.15) is 18.2 Å². The van der Waals surface area contributed by atoms with Crippen molar-refractivity contribution in [3.63, 3.8) is 0 Å². The minimum absolute atomic E-state index is 0. The van der Waals surface area contributed by atoms with E-state index in [-0.39, 0.29) is 29.0 Å². The third-order valence-corrected chi connectivity index (χ3v) is 0.556. The fourth-order valence-electron chi connectivity index (χ4n) is 0.321. The van der Waals surface area contributed by atoms with Gasteiger partial charge in [0.2, 0.25) is 0 Å². The summed E-state index contributed by atoms with van der Waals surface area (Å²) in [7, 11) is 15.0. The molecule has 0 amide bonds. The predicted molar refractivity (Wildman–Crippen MR) is 79.3 cm³/mol. The van der Waals surface area contributed by atoms with Gasteiger partial charge in [0.05, 0.1) is 0 Å². The van der Waals surface area contributed by atoms with Crippen molar-refractivity contribution in [2.24, 2.45) is 0 Å². The molecule has 0 unspecified atom stereocenters. The first-order chi connectivity index (χ1) is 7.96. The van der Waals surface area contributed by atoms with E-state index in [0.29, 0.717) is 0 Å². The Kier molecular flexibility index (Phi) is 63.7. The van der Waals surface area contributed by atoms with Gasteiger partial charge < -0.3 is 0 Å². The van der Waals surface area contributed by atoms with Crippen molar-refractivity contribution >= 4 is 49.5 Å². The minimum atomic E-state index is -1.92. The Bertz CT molecular complexity index is 197. The van der Waals surface area contributed by atoms with E-state index in [2.05, 4.69) is 33.3 Å². The van der Waals surface area contributed by atoms with Gasteiger partial charge in [-0.1, -0.05) is 0 Å². The summed E-state index contributed by atoms with van der Waals surface area (Å²) in [5, 5.41) is 0. The molecule has 0 heterocycles. The Labute approximate surface area is 142 Å². The predicted octanol–water partition coefficient (Wildman–Crippen LogP) is 4.11. The van der Waals surface area contributed by atoms with Crippen LogP contribution in [0.15, 0.2) is 30.3 Å². The van der Waals surface area contributed by atoms with Crippen LogP contribution in [-0.4, -0.2) is 31.6 Å². The van der Waals surface area contributed by atoms with Crippen LogP contribution in [0.25, 0.3) is 0 Å². The molecule has 0 fully saturated rings. The van der Waals surface area contributed by atoms with Gasteiger partial charge in [-0.25, -0.2) is 12.1 Å². The Morgan fingerprint density at radius 2 is 1.11 bits per heavy atom. The van der Waals surface area contributed by atoms with Gasteiger partial charge in [0, 0.05) is 41.1 Å². The van der Waals surface area contributed by atoms with Crippen LogP contribution in [0.2, 0.25) is 0 Å². The molecule has 2 nitrogen and oxygen atoms in total. The van der Waals surface area contributed by atoms with Gasteiger partial charge in [-0.15, -0.1) is 0 Å². The van der Waals surface area contributed by atoms with E-state index < -0.39 is 11.6 Å². The fourth-order valence-corrected chi connectivity index (χ4v) is 0.321. The van der Waals surface area contributed by atoms with Crippen molar-refractivity contribution in [1.82, 2.24) is 0 Å². The molecular weight excluding hydrogens is 458 g/mol. The molecule has 0 spiro atoms. The van der Waals surface area contributed by atoms with Crippen LogP contribution in [0.5, 0.6) is 0 Å². The van der Waals surface area contributed by atoms with Crippen LogP contribution in [-0.2, 0) is 30.4 Å². The molecule has 0 aromatic heterocycles. The summed E-state index contributed by atoms with van der Waals surface area (Å²) < 4.78 is 15.0. The maximum Gasteiger partial charge on any atom is 0 e. The first-order valence-corrected chi connectivity index (χ1v) is 15.4. The molecule has 8 heteroatoms. The molecule has 1 radical (unpaired) electrons. The Balaban J connectivity index is -0.0000000407. The Morgan fingerprint density at radius 1 is 0.944 bits per heavy atom. The summed E-state index contributed by atoms with van der Waals surface area (Å²) in [6, 6.07) is 10.0. The summed E-state index contributed by atoms with van der Waals surface area (Å²) in [6.45, 7) is 15.8. The van der Waals surface area contributed by atoms with Crippen LogP contribution in [0.4, 0.5) is 0 Å². The normalized spacial score (nSPS) is 6.44. The number of halogens is 3. The molecule has 0 bridgehead atoms. The summed E-state index contributed by atoms with van der Waals surface area (Å²) in [5.74, 6) is 0. The van der Waals surface area contributed by atoms with Crippen LogP contribution in [0, 0.1) is 13.3 Å². The summed E-state index contributed by atoms with van der Waals surface area (Å²) >= 11 is -1.92. The molecule has 18 heavy (non-hydrogen) atoms. The van der Waals surface area contributed by atoms with Gasteiger partial charge in [-0.3, -0.25) is 0 Å². The molecule has 0 aliphatic rings. The molecule has 0 N–H and O–H groups in total. The first kappa shape index (κ1) is 31.6. The van der Waals surface area contributed by atoms with E-state index in [9.17, 15) is 0 Å². The summed E-state index contributed by atoms with van der Waals surface area (Å²) in [4.78, 5) is 0. The van der Waals surface area contributed by atoms with Gasteiger partial charge in [-0.05, 0) is 7.92 Å². The molecule has 1 aromatic rings. The van der Waals surface area contributed by atoms with Crippen molar-refractivity contribution in [2.75, 3.05) is 20.0 Å². The zero-order valence-electron chi connectivity index (χ0n) is 10.2. The minimum Gasteiger partial charge on any atom is -0.214 e.